The summed E-state index contributed by atoms with van der Waals surface area (Å²) in [5, 5.41) is 0. The van der Waals surface area contributed by atoms with Crippen LogP contribution in [0.5, 0.6) is 0 Å². The van der Waals surface area contributed by atoms with E-state index in [2.05, 4.69) is 9.97 Å². The van der Waals surface area contributed by atoms with Crippen LogP contribution in [0.1, 0.15) is 29.8 Å². The highest BCUT2D eigenvalue weighted by Crippen LogP contribution is 2.25. The van der Waals surface area contributed by atoms with Crippen molar-refractivity contribution in [3.63, 3.8) is 0 Å². The second kappa shape index (κ2) is 6.49. The molecule has 0 unspecified atom stereocenters. The molecule has 0 N–H and O–H groups in total. The second-order valence-corrected chi connectivity index (χ2v) is 7.21. The molecule has 2 aromatic heterocycles. The Labute approximate surface area is 139 Å². The van der Waals surface area contributed by atoms with Gasteiger partial charge in [0.15, 0.2) is 0 Å². The smallest absolute Gasteiger partial charge is 0.274 e. The van der Waals surface area contributed by atoms with Crippen molar-refractivity contribution in [3.8, 4) is 0 Å². The first-order valence-electron chi connectivity index (χ1n) is 8.11. The number of aromatic nitrogens is 3. The highest BCUT2D eigenvalue weighted by atomic mass is 32.2. The van der Waals surface area contributed by atoms with E-state index in [9.17, 15) is 4.79 Å². The van der Waals surface area contributed by atoms with Crippen LogP contribution in [0, 0.1) is 0 Å². The van der Waals surface area contributed by atoms with Crippen LogP contribution in [0.4, 0.5) is 0 Å². The number of imidazole rings is 1. The summed E-state index contributed by atoms with van der Waals surface area (Å²) in [5.41, 5.74) is 0.471. The first kappa shape index (κ1) is 15.0. The fourth-order valence-electron chi connectivity index (χ4n) is 3.25. The van der Waals surface area contributed by atoms with Gasteiger partial charge >= 0.3 is 0 Å². The maximum Gasteiger partial charge on any atom is 0.274 e. The van der Waals surface area contributed by atoms with Crippen LogP contribution < -0.4 is 0 Å². The number of amides is 1. The van der Waals surface area contributed by atoms with Crippen LogP contribution in [0.2, 0.25) is 0 Å². The van der Waals surface area contributed by atoms with Gasteiger partial charge in [-0.2, -0.15) is 11.8 Å². The van der Waals surface area contributed by atoms with Gasteiger partial charge in [-0.1, -0.05) is 0 Å². The maximum absolute atomic E-state index is 13.0. The largest absolute Gasteiger partial charge is 0.376 e. The molecule has 2 fully saturated rings. The number of carbonyl (C=O) groups excluding carboxylic acids is 1. The number of ether oxygens (including phenoxy) is 1. The first-order valence-corrected chi connectivity index (χ1v) is 9.27. The van der Waals surface area contributed by atoms with Gasteiger partial charge in [0.05, 0.1) is 6.10 Å². The summed E-state index contributed by atoms with van der Waals surface area (Å²) in [5.74, 6) is 2.68. The molecule has 0 bridgehead atoms. The summed E-state index contributed by atoms with van der Waals surface area (Å²) in [6.45, 7) is 1.48. The van der Waals surface area contributed by atoms with Gasteiger partial charge in [-0.05, 0) is 31.1 Å². The predicted octanol–water partition coefficient (Wildman–Crippen LogP) is 1.86. The molecule has 7 heteroatoms. The molecular weight excluding hydrogens is 312 g/mol. The van der Waals surface area contributed by atoms with E-state index in [4.69, 9.17) is 4.74 Å². The summed E-state index contributed by atoms with van der Waals surface area (Å²) >= 11 is 1.91. The Kier molecular flexibility index (Phi) is 4.22. The van der Waals surface area contributed by atoms with Crippen LogP contribution in [-0.4, -0.2) is 62.0 Å². The van der Waals surface area contributed by atoms with Gasteiger partial charge in [-0.25, -0.2) is 9.97 Å². The molecule has 23 heavy (non-hydrogen) atoms. The lowest BCUT2D eigenvalue weighted by Crippen LogP contribution is -2.44. The van der Waals surface area contributed by atoms with E-state index in [-0.39, 0.29) is 18.1 Å². The van der Waals surface area contributed by atoms with Gasteiger partial charge in [0.2, 0.25) is 5.78 Å². The van der Waals surface area contributed by atoms with Crippen LogP contribution in [0.25, 0.3) is 5.78 Å². The van der Waals surface area contributed by atoms with Crippen molar-refractivity contribution < 1.29 is 9.53 Å². The van der Waals surface area contributed by atoms with Crippen LogP contribution in [0.15, 0.2) is 24.7 Å². The molecule has 0 aliphatic carbocycles. The highest BCUT2D eigenvalue weighted by Gasteiger charge is 2.32. The van der Waals surface area contributed by atoms with Gasteiger partial charge in [0, 0.05) is 43.5 Å². The Morgan fingerprint density at radius 1 is 1.48 bits per heavy atom. The van der Waals surface area contributed by atoms with Crippen LogP contribution in [-0.2, 0) is 4.74 Å². The molecule has 0 saturated carbocycles. The Hall–Kier alpha value is -1.60. The average molecular weight is 332 g/mol. The minimum atomic E-state index is -0.00139. The lowest BCUT2D eigenvalue weighted by molar-refractivity contribution is 0.0438. The number of hydrogen-bond donors (Lipinski definition) is 0. The molecule has 2 aliphatic rings. The van der Waals surface area contributed by atoms with Crippen LogP contribution in [0.3, 0.4) is 0 Å². The molecule has 0 spiro atoms. The number of hydrogen-bond acceptors (Lipinski definition) is 5. The SMILES string of the molecule is O=C(c1cn2cccnc2n1)N(C[C@H]1CCCO1)[C@@H]1CCSC1. The van der Waals surface area contributed by atoms with Gasteiger partial charge in [0.25, 0.3) is 5.91 Å². The summed E-state index contributed by atoms with van der Waals surface area (Å²) < 4.78 is 7.54. The molecule has 122 valence electrons. The zero-order chi connectivity index (χ0) is 15.6. The maximum atomic E-state index is 13.0. The molecule has 0 radical (unpaired) electrons. The van der Waals surface area contributed by atoms with Crippen molar-refractivity contribution >= 4 is 23.4 Å². The lowest BCUT2D eigenvalue weighted by atomic mass is 10.1. The van der Waals surface area contributed by atoms with Gasteiger partial charge in [0.1, 0.15) is 5.69 Å². The van der Waals surface area contributed by atoms with Crippen LogP contribution >= 0.6 is 11.8 Å². The number of nitrogens with zero attached hydrogens (tertiary/aromatic N) is 4. The second-order valence-electron chi connectivity index (χ2n) is 6.06. The Morgan fingerprint density at radius 2 is 2.43 bits per heavy atom. The molecule has 2 aromatic rings. The Bertz CT molecular complexity index is 659. The molecule has 1 amide bonds. The quantitative estimate of drug-likeness (QED) is 0.855. The molecular formula is C16H20N4O2S. The standard InChI is InChI=1S/C16H20N4O2S/c21-15(14-10-19-6-2-5-17-16(19)18-14)20(12-4-8-23-11-12)9-13-3-1-7-22-13/h2,5-6,10,12-13H,1,3-4,7-9,11H2/t12-,13-/m1/s1. The molecule has 4 heterocycles. The number of rotatable bonds is 4. The molecule has 4 rings (SSSR count). The minimum absolute atomic E-state index is 0.00139. The van der Waals surface area contributed by atoms with E-state index >= 15 is 0 Å². The third-order valence-electron chi connectivity index (χ3n) is 4.49. The molecule has 6 nitrogen and oxygen atoms in total. The summed E-state index contributed by atoms with van der Waals surface area (Å²) in [6, 6.07) is 2.12. The fourth-order valence-corrected chi connectivity index (χ4v) is 4.48. The summed E-state index contributed by atoms with van der Waals surface area (Å²) in [6.07, 6.45) is 8.67. The number of thioether (sulfide) groups is 1. The van der Waals surface area contributed by atoms with E-state index in [0.29, 0.717) is 18.0 Å². The first-order chi connectivity index (χ1) is 11.3. The molecule has 2 saturated heterocycles. The number of fused-ring (bicyclic) bond motifs is 1. The van der Waals surface area contributed by atoms with E-state index in [1.165, 1.54) is 0 Å². The van der Waals surface area contributed by atoms with Crippen molar-refractivity contribution in [3.05, 3.63) is 30.4 Å². The Balaban J connectivity index is 1.59. The topological polar surface area (TPSA) is 59.7 Å². The van der Waals surface area contributed by atoms with Crippen molar-refractivity contribution in [2.24, 2.45) is 0 Å². The van der Waals surface area contributed by atoms with Gasteiger partial charge in [-0.3, -0.25) is 9.20 Å². The minimum Gasteiger partial charge on any atom is -0.376 e. The van der Waals surface area contributed by atoms with Crippen molar-refractivity contribution in [1.29, 1.82) is 0 Å². The van der Waals surface area contributed by atoms with E-state index in [1.54, 1.807) is 16.8 Å². The summed E-state index contributed by atoms with van der Waals surface area (Å²) in [7, 11) is 0. The zero-order valence-corrected chi connectivity index (χ0v) is 13.7. The fraction of sp³-hybridized carbons (Fsp3) is 0.562. The normalized spacial score (nSPS) is 24.3. The van der Waals surface area contributed by atoms with Gasteiger partial charge in [-0.15, -0.1) is 0 Å². The monoisotopic (exact) mass is 332 g/mol. The van der Waals surface area contributed by atoms with Crippen molar-refractivity contribution in [2.75, 3.05) is 24.7 Å². The van der Waals surface area contributed by atoms with Crippen molar-refractivity contribution in [2.45, 2.75) is 31.4 Å². The van der Waals surface area contributed by atoms with E-state index in [0.717, 1.165) is 37.4 Å². The predicted molar refractivity (Wildman–Crippen MR) is 88.7 cm³/mol. The summed E-state index contributed by atoms with van der Waals surface area (Å²) in [4.78, 5) is 23.6. The highest BCUT2D eigenvalue weighted by molar-refractivity contribution is 7.99. The van der Waals surface area contributed by atoms with E-state index < -0.39 is 0 Å². The van der Waals surface area contributed by atoms with Crippen molar-refractivity contribution in [1.82, 2.24) is 19.3 Å². The zero-order valence-electron chi connectivity index (χ0n) is 12.9. The molecule has 2 atom stereocenters. The molecule has 0 aromatic carbocycles. The lowest BCUT2D eigenvalue weighted by Gasteiger charge is -2.30. The number of carbonyl (C=O) groups is 1. The average Bonchev–Trinajstić information content (AvgIpc) is 3.32. The van der Waals surface area contributed by atoms with E-state index in [1.807, 2.05) is 28.9 Å². The molecule has 2 aliphatic heterocycles. The third-order valence-corrected chi connectivity index (χ3v) is 5.63. The Morgan fingerprint density at radius 3 is 3.17 bits per heavy atom. The van der Waals surface area contributed by atoms with Gasteiger partial charge < -0.3 is 9.64 Å². The third kappa shape index (κ3) is 3.07.